The maximum Gasteiger partial charge on any atom is 0.253 e. The van der Waals surface area contributed by atoms with Crippen LogP contribution in [-0.2, 0) is 14.8 Å². The standard InChI is InChI=1S/C15H23N3O3S2.ClH/c16-12(11-6-7-11)10-17-15(19)13-4-1-2-8-18(13)23(20,21)14-5-3-9-22-14;/h3,5,9,11-13H,1-2,4,6-8,10,16H2,(H,17,19);1H. The van der Waals surface area contributed by atoms with Crippen LogP contribution in [0.25, 0.3) is 0 Å². The summed E-state index contributed by atoms with van der Waals surface area (Å²) in [7, 11) is -3.60. The Morgan fingerprint density at radius 1 is 1.38 bits per heavy atom. The molecule has 2 fully saturated rings. The van der Waals surface area contributed by atoms with Crippen LogP contribution < -0.4 is 11.1 Å². The van der Waals surface area contributed by atoms with E-state index in [2.05, 4.69) is 5.32 Å². The number of hydrogen-bond donors (Lipinski definition) is 2. The molecule has 24 heavy (non-hydrogen) atoms. The maximum atomic E-state index is 12.8. The van der Waals surface area contributed by atoms with Gasteiger partial charge in [0.2, 0.25) is 5.91 Å². The van der Waals surface area contributed by atoms with Crippen molar-refractivity contribution in [1.29, 1.82) is 0 Å². The predicted molar refractivity (Wildman–Crippen MR) is 96.8 cm³/mol. The van der Waals surface area contributed by atoms with Crippen LogP contribution in [-0.4, -0.2) is 43.8 Å². The van der Waals surface area contributed by atoms with Crippen LogP contribution in [0.3, 0.4) is 0 Å². The Labute approximate surface area is 153 Å². The summed E-state index contributed by atoms with van der Waals surface area (Å²) in [5, 5.41) is 4.59. The summed E-state index contributed by atoms with van der Waals surface area (Å²) in [6.45, 7) is 0.819. The zero-order valence-corrected chi connectivity index (χ0v) is 15.8. The summed E-state index contributed by atoms with van der Waals surface area (Å²) in [4.78, 5) is 12.5. The number of hydrogen-bond acceptors (Lipinski definition) is 5. The number of nitrogens with zero attached hydrogens (tertiary/aromatic N) is 1. The number of amides is 1. The molecule has 2 unspecified atom stereocenters. The molecule has 0 aromatic carbocycles. The molecule has 1 aliphatic heterocycles. The summed E-state index contributed by atoms with van der Waals surface area (Å²) in [6.07, 6.45) is 4.47. The monoisotopic (exact) mass is 393 g/mol. The Morgan fingerprint density at radius 2 is 2.12 bits per heavy atom. The number of carbonyl (C=O) groups excluding carboxylic acids is 1. The highest BCUT2D eigenvalue weighted by atomic mass is 35.5. The molecule has 1 amide bonds. The largest absolute Gasteiger partial charge is 0.353 e. The first-order valence-corrected chi connectivity index (χ1v) is 10.4. The van der Waals surface area contributed by atoms with Gasteiger partial charge in [0, 0.05) is 19.1 Å². The average molecular weight is 394 g/mol. The summed E-state index contributed by atoms with van der Waals surface area (Å²) in [5.41, 5.74) is 6.01. The van der Waals surface area contributed by atoms with Gasteiger partial charge in [-0.05, 0) is 43.0 Å². The lowest BCUT2D eigenvalue weighted by Gasteiger charge is -2.33. The van der Waals surface area contributed by atoms with Gasteiger partial charge in [-0.25, -0.2) is 8.42 Å². The molecule has 1 saturated heterocycles. The van der Waals surface area contributed by atoms with Crippen molar-refractivity contribution >= 4 is 39.7 Å². The fourth-order valence-corrected chi connectivity index (χ4v) is 5.78. The normalized spacial score (nSPS) is 23.3. The fraction of sp³-hybridized carbons (Fsp3) is 0.667. The van der Waals surface area contributed by atoms with Gasteiger partial charge in [-0.1, -0.05) is 12.5 Å². The Bertz CT molecular complexity index is 647. The van der Waals surface area contributed by atoms with Crippen molar-refractivity contribution in [3.05, 3.63) is 17.5 Å². The average Bonchev–Trinajstić information content (AvgIpc) is 3.25. The second-order valence-electron chi connectivity index (χ2n) is 6.31. The third-order valence-electron chi connectivity index (χ3n) is 4.55. The van der Waals surface area contributed by atoms with Gasteiger partial charge >= 0.3 is 0 Å². The van der Waals surface area contributed by atoms with E-state index in [4.69, 9.17) is 5.73 Å². The molecule has 0 bridgehead atoms. The molecule has 2 atom stereocenters. The molecule has 1 aliphatic carbocycles. The highest BCUT2D eigenvalue weighted by Crippen LogP contribution is 2.31. The Morgan fingerprint density at radius 3 is 2.75 bits per heavy atom. The first-order chi connectivity index (χ1) is 11.0. The van der Waals surface area contributed by atoms with Gasteiger partial charge in [-0.3, -0.25) is 4.79 Å². The first kappa shape index (κ1) is 19.7. The van der Waals surface area contributed by atoms with Crippen LogP contribution in [0.5, 0.6) is 0 Å². The predicted octanol–water partition coefficient (Wildman–Crippen LogP) is 1.57. The summed E-state index contributed by atoms with van der Waals surface area (Å²) >= 11 is 1.19. The van der Waals surface area contributed by atoms with Gasteiger partial charge in [0.05, 0.1) is 0 Å². The minimum absolute atomic E-state index is 0. The van der Waals surface area contributed by atoms with Crippen LogP contribution >= 0.6 is 23.7 Å². The number of nitrogens with one attached hydrogen (secondary N) is 1. The van der Waals surface area contributed by atoms with Gasteiger partial charge in [0.1, 0.15) is 10.3 Å². The fourth-order valence-electron chi connectivity index (χ4n) is 3.01. The molecule has 1 saturated carbocycles. The second kappa shape index (κ2) is 8.14. The maximum absolute atomic E-state index is 12.8. The molecule has 1 aromatic rings. The third-order valence-corrected chi connectivity index (χ3v) is 7.84. The number of halogens is 1. The van der Waals surface area contributed by atoms with Crippen molar-refractivity contribution in [2.45, 2.75) is 48.4 Å². The molecule has 2 heterocycles. The van der Waals surface area contributed by atoms with E-state index in [1.807, 2.05) is 0 Å². The lowest BCUT2D eigenvalue weighted by atomic mass is 10.0. The third kappa shape index (κ3) is 4.29. The van der Waals surface area contributed by atoms with Gasteiger partial charge in [-0.2, -0.15) is 4.31 Å². The number of thiophene rings is 1. The Kier molecular flexibility index (Phi) is 6.66. The molecule has 9 heteroatoms. The summed E-state index contributed by atoms with van der Waals surface area (Å²) in [6, 6.07) is 2.66. The lowest BCUT2D eigenvalue weighted by molar-refractivity contribution is -0.125. The molecule has 136 valence electrons. The van der Waals surface area contributed by atoms with Gasteiger partial charge in [0.15, 0.2) is 0 Å². The smallest absolute Gasteiger partial charge is 0.253 e. The molecular formula is C15H24ClN3O3S2. The van der Waals surface area contributed by atoms with Crippen molar-refractivity contribution < 1.29 is 13.2 Å². The van der Waals surface area contributed by atoms with Crippen LogP contribution in [0.4, 0.5) is 0 Å². The number of rotatable bonds is 6. The zero-order valence-electron chi connectivity index (χ0n) is 13.4. The van der Waals surface area contributed by atoms with Gasteiger partial charge in [0.25, 0.3) is 10.0 Å². The molecule has 6 nitrogen and oxygen atoms in total. The molecule has 3 rings (SSSR count). The van der Waals surface area contributed by atoms with Crippen LogP contribution in [0.1, 0.15) is 32.1 Å². The Hall–Kier alpha value is -0.670. The van der Waals surface area contributed by atoms with E-state index in [0.29, 0.717) is 29.6 Å². The molecule has 0 radical (unpaired) electrons. The van der Waals surface area contributed by atoms with Crippen molar-refractivity contribution in [3.8, 4) is 0 Å². The number of piperidine rings is 1. The number of carbonyl (C=O) groups is 1. The zero-order chi connectivity index (χ0) is 16.4. The van der Waals surface area contributed by atoms with Crippen LogP contribution in [0, 0.1) is 5.92 Å². The van der Waals surface area contributed by atoms with Crippen molar-refractivity contribution in [2.24, 2.45) is 11.7 Å². The first-order valence-electron chi connectivity index (χ1n) is 8.09. The van der Waals surface area contributed by atoms with Crippen molar-refractivity contribution in [1.82, 2.24) is 9.62 Å². The van der Waals surface area contributed by atoms with Gasteiger partial charge < -0.3 is 11.1 Å². The van der Waals surface area contributed by atoms with E-state index < -0.39 is 16.1 Å². The minimum atomic E-state index is -3.60. The Balaban J connectivity index is 0.00000208. The number of sulfonamides is 1. The van der Waals surface area contributed by atoms with E-state index in [9.17, 15) is 13.2 Å². The molecule has 0 spiro atoms. The van der Waals surface area contributed by atoms with Crippen LogP contribution in [0.15, 0.2) is 21.7 Å². The van der Waals surface area contributed by atoms with E-state index in [0.717, 1.165) is 25.7 Å². The topological polar surface area (TPSA) is 92.5 Å². The SMILES string of the molecule is Cl.NC(CNC(=O)C1CCCCN1S(=O)(=O)c1cccs1)C1CC1. The van der Waals surface area contributed by atoms with Gasteiger partial charge in [-0.15, -0.1) is 23.7 Å². The quantitative estimate of drug-likeness (QED) is 0.767. The molecule has 2 aliphatic rings. The molecule has 1 aromatic heterocycles. The van der Waals surface area contributed by atoms with Crippen molar-refractivity contribution in [2.75, 3.05) is 13.1 Å². The highest BCUT2D eigenvalue weighted by Gasteiger charge is 2.38. The number of nitrogens with two attached hydrogens (primary N) is 1. The van der Waals surface area contributed by atoms with Crippen molar-refractivity contribution in [3.63, 3.8) is 0 Å². The van der Waals surface area contributed by atoms with E-state index in [1.54, 1.807) is 17.5 Å². The van der Waals surface area contributed by atoms with E-state index in [1.165, 1.54) is 15.6 Å². The minimum Gasteiger partial charge on any atom is -0.353 e. The lowest BCUT2D eigenvalue weighted by Crippen LogP contribution is -2.53. The molecule has 3 N–H and O–H groups in total. The van der Waals surface area contributed by atoms with E-state index in [-0.39, 0.29) is 24.4 Å². The molecular weight excluding hydrogens is 370 g/mol. The van der Waals surface area contributed by atoms with E-state index >= 15 is 0 Å². The second-order valence-corrected chi connectivity index (χ2v) is 9.37. The van der Waals surface area contributed by atoms with Crippen LogP contribution in [0.2, 0.25) is 0 Å². The summed E-state index contributed by atoms with van der Waals surface area (Å²) < 4.78 is 27.2. The highest BCUT2D eigenvalue weighted by molar-refractivity contribution is 7.91. The summed E-state index contributed by atoms with van der Waals surface area (Å²) in [5.74, 6) is 0.286.